The number of sulfone groups is 1. The van der Waals surface area contributed by atoms with Crippen LogP contribution in [0, 0.1) is 20.8 Å². The summed E-state index contributed by atoms with van der Waals surface area (Å²) in [6.07, 6.45) is 0.443. The Morgan fingerprint density at radius 1 is 1.29 bits per heavy atom. The molecule has 7 nitrogen and oxygen atoms in total. The fourth-order valence-electron chi connectivity index (χ4n) is 2.88. The average molecular weight is 348 g/mol. The van der Waals surface area contributed by atoms with E-state index in [0.29, 0.717) is 12.1 Å². The maximum absolute atomic E-state index is 12.4. The number of aromatic nitrogens is 3. The smallest absolute Gasteiger partial charge is 0.274 e. The van der Waals surface area contributed by atoms with Crippen LogP contribution in [0.5, 0.6) is 0 Å². The van der Waals surface area contributed by atoms with Crippen molar-refractivity contribution in [2.75, 3.05) is 11.5 Å². The summed E-state index contributed by atoms with van der Waals surface area (Å²) in [5.41, 5.74) is 3.85. The van der Waals surface area contributed by atoms with Gasteiger partial charge in [-0.15, -0.1) is 5.10 Å². The lowest BCUT2D eigenvalue weighted by Crippen LogP contribution is -2.36. The lowest BCUT2D eigenvalue weighted by Gasteiger charge is -2.10. The number of rotatable bonds is 3. The third kappa shape index (κ3) is 3.19. The van der Waals surface area contributed by atoms with Gasteiger partial charge in [0.25, 0.3) is 5.91 Å². The molecule has 0 unspecified atom stereocenters. The van der Waals surface area contributed by atoms with Crippen molar-refractivity contribution in [1.82, 2.24) is 20.3 Å². The van der Waals surface area contributed by atoms with Crippen LogP contribution >= 0.6 is 0 Å². The molecule has 1 aliphatic heterocycles. The minimum atomic E-state index is -3.04. The zero-order valence-electron chi connectivity index (χ0n) is 13.9. The van der Waals surface area contributed by atoms with Crippen molar-refractivity contribution >= 4 is 15.7 Å². The van der Waals surface area contributed by atoms with E-state index >= 15 is 0 Å². The Balaban J connectivity index is 1.85. The number of benzene rings is 1. The van der Waals surface area contributed by atoms with Crippen LogP contribution in [0.2, 0.25) is 0 Å². The highest BCUT2D eigenvalue weighted by Crippen LogP contribution is 2.18. The van der Waals surface area contributed by atoms with E-state index in [1.54, 1.807) is 11.6 Å². The van der Waals surface area contributed by atoms with E-state index in [9.17, 15) is 13.2 Å². The Labute approximate surface area is 141 Å². The molecule has 1 fully saturated rings. The fourth-order valence-corrected chi connectivity index (χ4v) is 4.55. The monoisotopic (exact) mass is 348 g/mol. The Bertz CT molecular complexity index is 902. The highest BCUT2D eigenvalue weighted by molar-refractivity contribution is 7.91. The lowest BCUT2D eigenvalue weighted by molar-refractivity contribution is 0.0935. The molecule has 2 aromatic rings. The topological polar surface area (TPSA) is 93.9 Å². The third-order valence-electron chi connectivity index (χ3n) is 4.27. The second-order valence-corrected chi connectivity index (χ2v) is 8.53. The predicted octanol–water partition coefficient (Wildman–Crippen LogP) is 1.11. The van der Waals surface area contributed by atoms with Crippen LogP contribution in [0.1, 0.15) is 33.7 Å². The van der Waals surface area contributed by atoms with Crippen LogP contribution < -0.4 is 5.32 Å². The number of carbonyl (C=O) groups is 1. The Morgan fingerprint density at radius 3 is 2.71 bits per heavy atom. The largest absolute Gasteiger partial charge is 0.347 e. The summed E-state index contributed by atoms with van der Waals surface area (Å²) in [7, 11) is -3.04. The van der Waals surface area contributed by atoms with E-state index in [-0.39, 0.29) is 29.1 Å². The number of nitrogens with zero attached hydrogens (tertiary/aromatic N) is 3. The maximum atomic E-state index is 12.4. The van der Waals surface area contributed by atoms with Crippen LogP contribution in [0.15, 0.2) is 18.2 Å². The van der Waals surface area contributed by atoms with Crippen molar-refractivity contribution in [3.8, 4) is 5.69 Å². The van der Waals surface area contributed by atoms with Crippen molar-refractivity contribution in [1.29, 1.82) is 0 Å². The van der Waals surface area contributed by atoms with Gasteiger partial charge < -0.3 is 5.32 Å². The number of hydrogen-bond acceptors (Lipinski definition) is 5. The first-order chi connectivity index (χ1) is 11.3. The summed E-state index contributed by atoms with van der Waals surface area (Å²) in [5, 5.41) is 10.8. The molecule has 1 N–H and O–H groups in total. The van der Waals surface area contributed by atoms with Crippen molar-refractivity contribution in [2.24, 2.45) is 0 Å². The highest BCUT2D eigenvalue weighted by atomic mass is 32.2. The van der Waals surface area contributed by atoms with E-state index in [2.05, 4.69) is 15.6 Å². The van der Waals surface area contributed by atoms with Gasteiger partial charge >= 0.3 is 0 Å². The molecule has 1 saturated heterocycles. The molecular weight excluding hydrogens is 328 g/mol. The van der Waals surface area contributed by atoms with Crippen LogP contribution in [-0.2, 0) is 9.84 Å². The van der Waals surface area contributed by atoms with Gasteiger partial charge in [-0.2, -0.15) is 0 Å². The number of nitrogens with one attached hydrogen (secondary N) is 1. The summed E-state index contributed by atoms with van der Waals surface area (Å²) in [6, 6.07) is 5.64. The molecule has 0 bridgehead atoms. The van der Waals surface area contributed by atoms with Gasteiger partial charge in [-0.05, 0) is 44.4 Å². The molecule has 1 atom stereocenters. The van der Waals surface area contributed by atoms with Crippen LogP contribution in [0.3, 0.4) is 0 Å². The van der Waals surface area contributed by atoms with Gasteiger partial charge in [0, 0.05) is 6.04 Å². The van der Waals surface area contributed by atoms with Crippen molar-refractivity contribution in [3.63, 3.8) is 0 Å². The zero-order chi connectivity index (χ0) is 17.5. The number of amides is 1. The highest BCUT2D eigenvalue weighted by Gasteiger charge is 2.30. The quantitative estimate of drug-likeness (QED) is 0.897. The molecule has 8 heteroatoms. The molecule has 0 aliphatic carbocycles. The normalized spacial score (nSPS) is 19.4. The summed E-state index contributed by atoms with van der Waals surface area (Å²) >= 11 is 0. The first kappa shape index (κ1) is 16.6. The minimum absolute atomic E-state index is 0.0110. The van der Waals surface area contributed by atoms with Gasteiger partial charge in [0.1, 0.15) is 0 Å². The average Bonchev–Trinajstić information content (AvgIpc) is 3.04. The van der Waals surface area contributed by atoms with Gasteiger partial charge in [-0.25, -0.2) is 13.1 Å². The van der Waals surface area contributed by atoms with Crippen molar-refractivity contribution in [3.05, 3.63) is 40.7 Å². The molecule has 2 heterocycles. The number of hydrogen-bond donors (Lipinski definition) is 1. The van der Waals surface area contributed by atoms with E-state index in [1.165, 1.54) is 0 Å². The molecule has 0 spiro atoms. The van der Waals surface area contributed by atoms with E-state index in [0.717, 1.165) is 16.8 Å². The SMILES string of the molecule is Cc1ccc(C)c(-n2nnc(C(=O)N[C@@H]3CCS(=O)(=O)C3)c2C)c1. The van der Waals surface area contributed by atoms with Gasteiger partial charge in [-0.3, -0.25) is 4.79 Å². The molecule has 1 amide bonds. The van der Waals surface area contributed by atoms with Gasteiger partial charge in [0.2, 0.25) is 0 Å². The van der Waals surface area contributed by atoms with E-state index < -0.39 is 9.84 Å². The molecule has 24 heavy (non-hydrogen) atoms. The first-order valence-electron chi connectivity index (χ1n) is 7.78. The second-order valence-electron chi connectivity index (χ2n) is 6.30. The minimum Gasteiger partial charge on any atom is -0.347 e. The van der Waals surface area contributed by atoms with Crippen LogP contribution in [0.4, 0.5) is 0 Å². The number of carbonyl (C=O) groups excluding carboxylic acids is 1. The molecule has 128 valence electrons. The molecule has 0 saturated carbocycles. The summed E-state index contributed by atoms with van der Waals surface area (Å²) in [4.78, 5) is 12.4. The second kappa shape index (κ2) is 6.01. The summed E-state index contributed by atoms with van der Waals surface area (Å²) < 4.78 is 24.6. The molecule has 1 aliphatic rings. The van der Waals surface area contributed by atoms with E-state index in [4.69, 9.17) is 0 Å². The van der Waals surface area contributed by atoms with Gasteiger partial charge in [0.05, 0.1) is 22.9 Å². The Hall–Kier alpha value is -2.22. The standard InChI is InChI=1S/C16H20N4O3S/c1-10-4-5-11(2)14(8-10)20-12(3)15(18-19-20)16(21)17-13-6-7-24(22,23)9-13/h4-5,8,13H,6-7,9H2,1-3H3,(H,17,21)/t13-/m1/s1. The zero-order valence-corrected chi connectivity index (χ0v) is 14.7. The summed E-state index contributed by atoms with van der Waals surface area (Å²) in [6.45, 7) is 5.74. The van der Waals surface area contributed by atoms with Crippen molar-refractivity contribution in [2.45, 2.75) is 33.2 Å². The molecular formula is C16H20N4O3S. The molecule has 1 aromatic carbocycles. The van der Waals surface area contributed by atoms with Crippen LogP contribution in [0.25, 0.3) is 5.69 Å². The maximum Gasteiger partial charge on any atom is 0.274 e. The summed E-state index contributed by atoms with van der Waals surface area (Å²) in [5.74, 6) is -0.277. The Kier molecular flexibility index (Phi) is 4.16. The van der Waals surface area contributed by atoms with Gasteiger partial charge in [-0.1, -0.05) is 17.3 Å². The molecule has 3 rings (SSSR count). The van der Waals surface area contributed by atoms with Gasteiger partial charge in [0.15, 0.2) is 15.5 Å². The number of aryl methyl sites for hydroxylation is 2. The lowest BCUT2D eigenvalue weighted by atomic mass is 10.1. The molecule has 0 radical (unpaired) electrons. The van der Waals surface area contributed by atoms with E-state index in [1.807, 2.05) is 32.0 Å². The fraction of sp³-hybridized carbons (Fsp3) is 0.438. The first-order valence-corrected chi connectivity index (χ1v) is 9.60. The Morgan fingerprint density at radius 2 is 2.04 bits per heavy atom. The predicted molar refractivity (Wildman–Crippen MR) is 90.1 cm³/mol. The molecule has 1 aromatic heterocycles. The van der Waals surface area contributed by atoms with Crippen molar-refractivity contribution < 1.29 is 13.2 Å². The van der Waals surface area contributed by atoms with Crippen LogP contribution in [-0.4, -0.2) is 46.9 Å². The third-order valence-corrected chi connectivity index (χ3v) is 6.04.